The number of nitrogens with two attached hydrogens (primary N) is 1. The van der Waals surface area contributed by atoms with Gasteiger partial charge in [0.1, 0.15) is 0 Å². The molecule has 72 valence electrons. The van der Waals surface area contributed by atoms with Crippen LogP contribution in [0.15, 0.2) is 0 Å². The highest BCUT2D eigenvalue weighted by Crippen LogP contribution is 2.57. The van der Waals surface area contributed by atoms with Gasteiger partial charge < -0.3 is 10.8 Å². The Morgan fingerprint density at radius 1 is 1.67 bits per heavy atom. The second-order valence-corrected chi connectivity index (χ2v) is 5.21. The molecule has 1 aliphatic rings. The first kappa shape index (κ1) is 10.0. The van der Waals surface area contributed by atoms with E-state index in [0.717, 1.165) is 6.42 Å². The molecule has 0 radical (unpaired) electrons. The first-order chi connectivity index (χ1) is 5.34. The lowest BCUT2D eigenvalue weighted by Crippen LogP contribution is -2.42. The standard InChI is InChI=1S/C10H21NO/c1-7-5-10(7,4)8(12)9(2,3)6-11/h7-8,12H,5-6,11H2,1-4H3. The maximum atomic E-state index is 10.1. The Balaban J connectivity index is 2.65. The Morgan fingerprint density at radius 2 is 2.08 bits per heavy atom. The average Bonchev–Trinajstić information content (AvgIpc) is 2.60. The van der Waals surface area contributed by atoms with Crippen molar-refractivity contribution >= 4 is 0 Å². The lowest BCUT2D eigenvalue weighted by Gasteiger charge is -2.34. The van der Waals surface area contributed by atoms with E-state index in [1.54, 1.807) is 0 Å². The molecule has 1 fully saturated rings. The number of aliphatic hydroxyl groups excluding tert-OH is 1. The van der Waals surface area contributed by atoms with Gasteiger partial charge >= 0.3 is 0 Å². The molecule has 3 N–H and O–H groups in total. The van der Waals surface area contributed by atoms with E-state index in [2.05, 4.69) is 13.8 Å². The lowest BCUT2D eigenvalue weighted by molar-refractivity contribution is -0.00447. The summed E-state index contributed by atoms with van der Waals surface area (Å²) in [5.41, 5.74) is 5.61. The number of hydrogen-bond acceptors (Lipinski definition) is 2. The van der Waals surface area contributed by atoms with Crippen molar-refractivity contribution in [2.75, 3.05) is 6.54 Å². The van der Waals surface area contributed by atoms with Gasteiger partial charge in [-0.05, 0) is 24.3 Å². The van der Waals surface area contributed by atoms with Gasteiger partial charge in [0.05, 0.1) is 6.10 Å². The maximum absolute atomic E-state index is 10.1. The summed E-state index contributed by atoms with van der Waals surface area (Å²) in [4.78, 5) is 0. The molecule has 0 amide bonds. The van der Waals surface area contributed by atoms with Crippen molar-refractivity contribution < 1.29 is 5.11 Å². The highest BCUT2D eigenvalue weighted by atomic mass is 16.3. The first-order valence-corrected chi connectivity index (χ1v) is 4.73. The van der Waals surface area contributed by atoms with Crippen molar-refractivity contribution in [1.29, 1.82) is 0 Å². The zero-order chi connectivity index (χ0) is 9.57. The number of hydrogen-bond donors (Lipinski definition) is 2. The van der Waals surface area contributed by atoms with Crippen LogP contribution in [-0.4, -0.2) is 17.8 Å². The summed E-state index contributed by atoms with van der Waals surface area (Å²) < 4.78 is 0. The molecule has 0 heterocycles. The minimum absolute atomic E-state index is 0.128. The van der Waals surface area contributed by atoms with E-state index in [1.807, 2.05) is 13.8 Å². The van der Waals surface area contributed by atoms with E-state index >= 15 is 0 Å². The molecule has 0 aliphatic heterocycles. The third-order valence-electron chi connectivity index (χ3n) is 3.60. The van der Waals surface area contributed by atoms with Crippen molar-refractivity contribution in [1.82, 2.24) is 0 Å². The van der Waals surface area contributed by atoms with Crippen LogP contribution in [0.5, 0.6) is 0 Å². The van der Waals surface area contributed by atoms with Crippen LogP contribution in [0.3, 0.4) is 0 Å². The predicted octanol–water partition coefficient (Wildman–Crippen LogP) is 1.38. The maximum Gasteiger partial charge on any atom is 0.0659 e. The molecule has 0 saturated heterocycles. The fourth-order valence-electron chi connectivity index (χ4n) is 1.99. The summed E-state index contributed by atoms with van der Waals surface area (Å²) in [7, 11) is 0. The monoisotopic (exact) mass is 171 g/mol. The summed E-state index contributed by atoms with van der Waals surface area (Å²) in [6.45, 7) is 8.97. The molecule has 1 saturated carbocycles. The van der Waals surface area contributed by atoms with Gasteiger partial charge in [0.15, 0.2) is 0 Å². The molecule has 0 bridgehead atoms. The van der Waals surface area contributed by atoms with E-state index in [0.29, 0.717) is 12.5 Å². The van der Waals surface area contributed by atoms with Gasteiger partial charge in [-0.1, -0.05) is 27.7 Å². The van der Waals surface area contributed by atoms with Crippen LogP contribution in [0.1, 0.15) is 34.1 Å². The van der Waals surface area contributed by atoms with Gasteiger partial charge in [-0.25, -0.2) is 0 Å². The molecule has 3 unspecified atom stereocenters. The Hall–Kier alpha value is -0.0800. The normalized spacial score (nSPS) is 38.0. The summed E-state index contributed by atoms with van der Waals surface area (Å²) in [6, 6.07) is 0. The van der Waals surface area contributed by atoms with Gasteiger partial charge in [-0.2, -0.15) is 0 Å². The largest absolute Gasteiger partial charge is 0.392 e. The molecule has 2 heteroatoms. The van der Waals surface area contributed by atoms with Crippen LogP contribution < -0.4 is 5.73 Å². The molecule has 1 rings (SSSR count). The van der Waals surface area contributed by atoms with Crippen LogP contribution in [0.25, 0.3) is 0 Å². The van der Waals surface area contributed by atoms with Crippen LogP contribution in [0.2, 0.25) is 0 Å². The van der Waals surface area contributed by atoms with Crippen molar-refractivity contribution in [3.8, 4) is 0 Å². The smallest absolute Gasteiger partial charge is 0.0659 e. The van der Waals surface area contributed by atoms with E-state index in [1.165, 1.54) is 0 Å². The van der Waals surface area contributed by atoms with Crippen LogP contribution in [0, 0.1) is 16.7 Å². The zero-order valence-electron chi connectivity index (χ0n) is 8.59. The van der Waals surface area contributed by atoms with E-state index < -0.39 is 0 Å². The molecule has 0 aromatic rings. The quantitative estimate of drug-likeness (QED) is 0.674. The van der Waals surface area contributed by atoms with E-state index in [-0.39, 0.29) is 16.9 Å². The fourth-order valence-corrected chi connectivity index (χ4v) is 1.99. The second kappa shape index (κ2) is 2.71. The zero-order valence-corrected chi connectivity index (χ0v) is 8.59. The predicted molar refractivity (Wildman–Crippen MR) is 50.7 cm³/mol. The van der Waals surface area contributed by atoms with Gasteiger partial charge in [0, 0.05) is 5.41 Å². The third kappa shape index (κ3) is 1.38. The molecule has 0 aromatic heterocycles. The molecule has 3 atom stereocenters. The summed E-state index contributed by atoms with van der Waals surface area (Å²) in [5.74, 6) is 0.651. The second-order valence-electron chi connectivity index (χ2n) is 5.21. The minimum Gasteiger partial charge on any atom is -0.392 e. The Morgan fingerprint density at radius 3 is 2.33 bits per heavy atom. The summed E-state index contributed by atoms with van der Waals surface area (Å²) in [5, 5.41) is 10.1. The minimum atomic E-state index is -0.259. The fraction of sp³-hybridized carbons (Fsp3) is 1.00. The molecular formula is C10H21NO. The van der Waals surface area contributed by atoms with E-state index in [4.69, 9.17) is 5.73 Å². The van der Waals surface area contributed by atoms with Crippen LogP contribution >= 0.6 is 0 Å². The van der Waals surface area contributed by atoms with Crippen molar-refractivity contribution in [3.05, 3.63) is 0 Å². The topological polar surface area (TPSA) is 46.2 Å². The van der Waals surface area contributed by atoms with Crippen LogP contribution in [0.4, 0.5) is 0 Å². The SMILES string of the molecule is CC1CC1(C)C(O)C(C)(C)CN. The van der Waals surface area contributed by atoms with Gasteiger partial charge in [-0.3, -0.25) is 0 Å². The number of rotatable bonds is 3. The molecule has 0 aromatic carbocycles. The number of aliphatic hydroxyl groups is 1. The molecule has 0 spiro atoms. The molecule has 2 nitrogen and oxygen atoms in total. The van der Waals surface area contributed by atoms with Crippen molar-refractivity contribution in [3.63, 3.8) is 0 Å². The Bertz CT molecular complexity index is 169. The van der Waals surface area contributed by atoms with Gasteiger partial charge in [0.25, 0.3) is 0 Å². The highest BCUT2D eigenvalue weighted by Gasteiger charge is 2.55. The van der Waals surface area contributed by atoms with E-state index in [9.17, 15) is 5.11 Å². The third-order valence-corrected chi connectivity index (χ3v) is 3.60. The van der Waals surface area contributed by atoms with Gasteiger partial charge in [0.2, 0.25) is 0 Å². The average molecular weight is 171 g/mol. The Kier molecular flexibility index (Phi) is 2.26. The summed E-state index contributed by atoms with van der Waals surface area (Å²) >= 11 is 0. The highest BCUT2D eigenvalue weighted by molar-refractivity contribution is 5.05. The molecule has 12 heavy (non-hydrogen) atoms. The lowest BCUT2D eigenvalue weighted by atomic mass is 9.77. The van der Waals surface area contributed by atoms with Crippen LogP contribution in [-0.2, 0) is 0 Å². The van der Waals surface area contributed by atoms with Crippen molar-refractivity contribution in [2.45, 2.75) is 40.2 Å². The van der Waals surface area contributed by atoms with Gasteiger partial charge in [-0.15, -0.1) is 0 Å². The Labute approximate surface area is 75.2 Å². The van der Waals surface area contributed by atoms with Crippen molar-refractivity contribution in [2.24, 2.45) is 22.5 Å². The summed E-state index contributed by atoms with van der Waals surface area (Å²) in [6.07, 6.45) is 0.877. The first-order valence-electron chi connectivity index (χ1n) is 4.73. The molecular weight excluding hydrogens is 150 g/mol. The molecule has 1 aliphatic carbocycles.